The maximum Gasteiger partial charge on any atom is 0.350 e. The van der Waals surface area contributed by atoms with E-state index >= 15 is 0 Å². The van der Waals surface area contributed by atoms with Crippen molar-refractivity contribution in [2.75, 3.05) is 11.9 Å². The molecule has 126 valence electrons. The Bertz CT molecular complexity index is 855. The second kappa shape index (κ2) is 8.67. The number of esters is 1. The van der Waals surface area contributed by atoms with E-state index in [0.717, 1.165) is 0 Å². The molecule has 0 atom stereocenters. The van der Waals surface area contributed by atoms with E-state index in [4.69, 9.17) is 21.6 Å². The summed E-state index contributed by atoms with van der Waals surface area (Å²) in [5.41, 5.74) is 1.06. The molecule has 0 aromatic heterocycles. The van der Waals surface area contributed by atoms with E-state index in [9.17, 15) is 9.59 Å². The van der Waals surface area contributed by atoms with Crippen molar-refractivity contribution < 1.29 is 14.3 Å². The second-order valence-corrected chi connectivity index (χ2v) is 5.36. The summed E-state index contributed by atoms with van der Waals surface area (Å²) in [5.74, 6) is -0.962. The van der Waals surface area contributed by atoms with Crippen molar-refractivity contribution in [3.05, 3.63) is 76.5 Å². The molecule has 0 amide bonds. The lowest BCUT2D eigenvalue weighted by molar-refractivity contribution is -0.138. The molecule has 0 bridgehead atoms. The third-order valence-electron chi connectivity index (χ3n) is 3.25. The smallest absolute Gasteiger partial charge is 0.350 e. The van der Waals surface area contributed by atoms with Gasteiger partial charge in [0.1, 0.15) is 6.07 Å². The number of ether oxygens (including phenoxy) is 1. The Hall–Kier alpha value is -3.10. The van der Waals surface area contributed by atoms with Gasteiger partial charge in [0.15, 0.2) is 11.4 Å². The van der Waals surface area contributed by atoms with Crippen LogP contribution in [0.1, 0.15) is 22.8 Å². The highest BCUT2D eigenvalue weighted by Gasteiger charge is 2.15. The van der Waals surface area contributed by atoms with Crippen LogP contribution in [0, 0.1) is 11.3 Å². The summed E-state index contributed by atoms with van der Waals surface area (Å²) in [6, 6.07) is 15.2. The summed E-state index contributed by atoms with van der Waals surface area (Å²) < 4.78 is 4.79. The summed E-state index contributed by atoms with van der Waals surface area (Å²) in [4.78, 5) is 24.3. The van der Waals surface area contributed by atoms with Gasteiger partial charge in [0.2, 0.25) is 0 Å². The summed E-state index contributed by atoms with van der Waals surface area (Å²) in [5, 5.41) is 12.3. The Morgan fingerprint density at radius 3 is 2.60 bits per heavy atom. The van der Waals surface area contributed by atoms with Crippen LogP contribution in [0.3, 0.4) is 0 Å². The van der Waals surface area contributed by atoms with Crippen molar-refractivity contribution in [2.45, 2.75) is 6.92 Å². The van der Waals surface area contributed by atoms with Gasteiger partial charge >= 0.3 is 5.97 Å². The van der Waals surface area contributed by atoms with E-state index in [2.05, 4.69) is 5.32 Å². The quantitative estimate of drug-likeness (QED) is 0.367. The summed E-state index contributed by atoms with van der Waals surface area (Å²) in [7, 11) is 0. The third kappa shape index (κ3) is 4.69. The van der Waals surface area contributed by atoms with E-state index in [1.807, 2.05) is 6.07 Å². The minimum atomic E-state index is -0.734. The number of hydrogen-bond acceptors (Lipinski definition) is 5. The molecule has 2 aromatic rings. The summed E-state index contributed by atoms with van der Waals surface area (Å²) in [6.07, 6.45) is 1.21. The van der Waals surface area contributed by atoms with Crippen LogP contribution in [0.15, 0.2) is 60.3 Å². The first-order valence-electron chi connectivity index (χ1n) is 7.50. The molecular weight excluding hydrogens is 340 g/mol. The van der Waals surface area contributed by atoms with Crippen molar-refractivity contribution in [3.63, 3.8) is 0 Å². The van der Waals surface area contributed by atoms with Crippen LogP contribution in [0.25, 0.3) is 0 Å². The van der Waals surface area contributed by atoms with Gasteiger partial charge in [-0.2, -0.15) is 5.26 Å². The largest absolute Gasteiger partial charge is 0.462 e. The van der Waals surface area contributed by atoms with Crippen LogP contribution in [0.2, 0.25) is 5.02 Å². The Morgan fingerprint density at radius 1 is 1.24 bits per heavy atom. The monoisotopic (exact) mass is 354 g/mol. The number of halogens is 1. The average molecular weight is 355 g/mol. The van der Waals surface area contributed by atoms with E-state index < -0.39 is 5.97 Å². The van der Waals surface area contributed by atoms with Gasteiger partial charge in [0.05, 0.1) is 6.61 Å². The lowest BCUT2D eigenvalue weighted by Gasteiger charge is -2.10. The molecule has 0 spiro atoms. The maximum absolute atomic E-state index is 12.7. The van der Waals surface area contributed by atoms with Crippen molar-refractivity contribution in [1.29, 1.82) is 5.26 Å². The van der Waals surface area contributed by atoms with Crippen molar-refractivity contribution in [1.82, 2.24) is 0 Å². The number of carbonyl (C=O) groups excluding carboxylic acids is 2. The molecule has 0 aliphatic carbocycles. The summed E-state index contributed by atoms with van der Waals surface area (Å²) >= 11 is 6.01. The fourth-order valence-electron chi connectivity index (χ4n) is 2.07. The molecule has 0 heterocycles. The molecule has 0 saturated heterocycles. The molecule has 0 radical (unpaired) electrons. The second-order valence-electron chi connectivity index (χ2n) is 4.92. The van der Waals surface area contributed by atoms with Crippen LogP contribution in [-0.4, -0.2) is 18.4 Å². The van der Waals surface area contributed by atoms with E-state index in [0.29, 0.717) is 21.8 Å². The lowest BCUT2D eigenvalue weighted by Crippen LogP contribution is -2.09. The van der Waals surface area contributed by atoms with Gasteiger partial charge in [-0.3, -0.25) is 4.79 Å². The normalized spacial score (nSPS) is 10.7. The van der Waals surface area contributed by atoms with Gasteiger partial charge in [0.25, 0.3) is 0 Å². The van der Waals surface area contributed by atoms with Gasteiger partial charge in [-0.25, -0.2) is 4.79 Å². The van der Waals surface area contributed by atoms with E-state index in [1.165, 1.54) is 12.3 Å². The number of carbonyl (C=O) groups is 2. The Kier molecular flexibility index (Phi) is 6.33. The minimum absolute atomic E-state index is 0.163. The number of nitrogens with zero attached hydrogens (tertiary/aromatic N) is 1. The van der Waals surface area contributed by atoms with Gasteiger partial charge < -0.3 is 10.1 Å². The standard InChI is InChI=1S/C19H15ClN2O3/c1-2-25-19(24)14(11-21)12-22-17-9-8-15(20)10-16(17)18(23)13-6-4-3-5-7-13/h3-10,12,22H,2H2,1H3/b14-12-. The minimum Gasteiger partial charge on any atom is -0.462 e. The Morgan fingerprint density at radius 2 is 1.96 bits per heavy atom. The van der Waals surface area contributed by atoms with Crippen molar-refractivity contribution in [3.8, 4) is 6.07 Å². The lowest BCUT2D eigenvalue weighted by atomic mass is 10.0. The molecule has 1 N–H and O–H groups in total. The number of nitriles is 1. The molecular formula is C19H15ClN2O3. The zero-order chi connectivity index (χ0) is 18.2. The number of rotatable bonds is 6. The number of benzene rings is 2. The highest BCUT2D eigenvalue weighted by atomic mass is 35.5. The highest BCUT2D eigenvalue weighted by Crippen LogP contribution is 2.24. The van der Waals surface area contributed by atoms with Gasteiger partial charge in [0, 0.05) is 28.0 Å². The van der Waals surface area contributed by atoms with Crippen LogP contribution < -0.4 is 5.32 Å². The molecule has 2 aromatic carbocycles. The summed E-state index contributed by atoms with van der Waals surface area (Å²) in [6.45, 7) is 1.81. The van der Waals surface area contributed by atoms with Gasteiger partial charge in [-0.05, 0) is 25.1 Å². The number of nitrogens with one attached hydrogen (secondary N) is 1. The number of anilines is 1. The molecule has 0 fully saturated rings. The van der Waals surface area contributed by atoms with Gasteiger partial charge in [-0.1, -0.05) is 41.9 Å². The molecule has 6 heteroatoms. The first-order chi connectivity index (χ1) is 12.1. The van der Waals surface area contributed by atoms with Crippen LogP contribution in [-0.2, 0) is 9.53 Å². The van der Waals surface area contributed by atoms with Crippen LogP contribution >= 0.6 is 11.6 Å². The fourth-order valence-corrected chi connectivity index (χ4v) is 2.24. The van der Waals surface area contributed by atoms with Crippen molar-refractivity contribution >= 4 is 29.0 Å². The Balaban J connectivity index is 2.35. The third-order valence-corrected chi connectivity index (χ3v) is 3.49. The first-order valence-corrected chi connectivity index (χ1v) is 7.87. The zero-order valence-electron chi connectivity index (χ0n) is 13.5. The van der Waals surface area contributed by atoms with Crippen molar-refractivity contribution in [2.24, 2.45) is 0 Å². The average Bonchev–Trinajstić information content (AvgIpc) is 2.63. The predicted molar refractivity (Wildman–Crippen MR) is 95.3 cm³/mol. The molecule has 25 heavy (non-hydrogen) atoms. The number of ketones is 1. The van der Waals surface area contributed by atoms with Gasteiger partial charge in [-0.15, -0.1) is 0 Å². The SMILES string of the molecule is CCOC(=O)/C(C#N)=C\Nc1ccc(Cl)cc1C(=O)c1ccccc1. The molecule has 0 aliphatic rings. The van der Waals surface area contributed by atoms with E-state index in [1.54, 1.807) is 49.4 Å². The van der Waals surface area contributed by atoms with Crippen LogP contribution in [0.5, 0.6) is 0 Å². The predicted octanol–water partition coefficient (Wildman–Crippen LogP) is 3.95. The molecule has 5 nitrogen and oxygen atoms in total. The van der Waals surface area contributed by atoms with Crippen LogP contribution in [0.4, 0.5) is 5.69 Å². The molecule has 0 unspecified atom stereocenters. The molecule has 2 rings (SSSR count). The fraction of sp³-hybridized carbons (Fsp3) is 0.105. The Labute approximate surface area is 150 Å². The maximum atomic E-state index is 12.7. The first kappa shape index (κ1) is 18.2. The topological polar surface area (TPSA) is 79.2 Å². The highest BCUT2D eigenvalue weighted by molar-refractivity contribution is 6.31. The number of hydrogen-bond donors (Lipinski definition) is 1. The zero-order valence-corrected chi connectivity index (χ0v) is 14.2. The molecule has 0 saturated carbocycles. The molecule has 0 aliphatic heterocycles. The van der Waals surface area contributed by atoms with E-state index in [-0.39, 0.29) is 18.0 Å².